The number of ether oxygens (including phenoxy) is 2. The van der Waals surface area contributed by atoms with E-state index in [1.165, 1.54) is 0 Å². The van der Waals surface area contributed by atoms with E-state index in [2.05, 4.69) is 82.2 Å². The lowest BCUT2D eigenvalue weighted by Crippen LogP contribution is -2.81. The van der Waals surface area contributed by atoms with Crippen LogP contribution in [0.25, 0.3) is 43.4 Å². The molecule has 31 heavy (non-hydrogen) atoms. The summed E-state index contributed by atoms with van der Waals surface area (Å²) in [6.45, 7) is 0. The Balaban J connectivity index is 1.62. The molecule has 4 heterocycles. The molecule has 0 radical (unpaired) electrons. The quantitative estimate of drug-likeness (QED) is 0.271. The lowest BCUT2D eigenvalue weighted by Gasteiger charge is -2.30. The van der Waals surface area contributed by atoms with Gasteiger partial charge in [0.15, 0.2) is 23.9 Å². The van der Waals surface area contributed by atoms with Crippen molar-refractivity contribution in [1.29, 1.82) is 0 Å². The molecule has 0 bridgehead atoms. The molecule has 0 saturated carbocycles. The van der Waals surface area contributed by atoms with Gasteiger partial charge in [0, 0.05) is 22.9 Å². The molecule has 4 heteroatoms. The molecule has 4 nitrogen and oxygen atoms in total. The maximum atomic E-state index is 6.80. The molecule has 0 saturated heterocycles. The van der Waals surface area contributed by atoms with E-state index >= 15 is 0 Å². The fourth-order valence-electron chi connectivity index (χ4n) is 5.35. The number of hydrogen-bond donors (Lipinski definition) is 0. The van der Waals surface area contributed by atoms with E-state index in [9.17, 15) is 0 Å². The highest BCUT2D eigenvalue weighted by atomic mass is 16.7. The van der Waals surface area contributed by atoms with Crippen LogP contribution in [0.5, 0.6) is 11.5 Å². The molecular weight excluding hydrogens is 384 g/mol. The van der Waals surface area contributed by atoms with Gasteiger partial charge < -0.3 is 9.47 Å². The number of pyridine rings is 2. The Morgan fingerprint density at radius 2 is 0.935 bits per heavy atom. The van der Waals surface area contributed by atoms with E-state index in [4.69, 9.17) is 9.47 Å². The Kier molecular flexibility index (Phi) is 2.57. The van der Waals surface area contributed by atoms with Crippen LogP contribution in [0.2, 0.25) is 0 Å². The van der Waals surface area contributed by atoms with Crippen LogP contribution >= 0.6 is 0 Å². The SMILES string of the molecule is c1cc2c3c(c1)ccc1ccc[n+](c13)C1(O2)Oc2cccc3ccc4ccc[n+]1c4c23. The summed E-state index contributed by atoms with van der Waals surface area (Å²) in [6.07, 6.45) is 4.11. The minimum absolute atomic E-state index is 0.824. The molecule has 6 aromatic rings. The van der Waals surface area contributed by atoms with Gasteiger partial charge in [0.05, 0.1) is 10.8 Å². The summed E-state index contributed by atoms with van der Waals surface area (Å²) >= 11 is 0. The second-order valence-electron chi connectivity index (χ2n) is 8.22. The zero-order chi connectivity index (χ0) is 20.2. The summed E-state index contributed by atoms with van der Waals surface area (Å²) < 4.78 is 17.9. The van der Waals surface area contributed by atoms with Crippen molar-refractivity contribution in [2.75, 3.05) is 0 Å². The molecule has 0 fully saturated rings. The number of rotatable bonds is 0. The van der Waals surface area contributed by atoms with E-state index in [1.54, 1.807) is 0 Å². The highest BCUT2D eigenvalue weighted by molar-refractivity contribution is 6.08. The lowest BCUT2D eigenvalue weighted by atomic mass is 10.0. The number of aromatic nitrogens is 2. The number of nitrogens with zero attached hydrogens (tertiary/aromatic N) is 2. The normalized spacial score (nSPS) is 15.2. The Morgan fingerprint density at radius 1 is 0.484 bits per heavy atom. The summed E-state index contributed by atoms with van der Waals surface area (Å²) in [4.78, 5) is 0. The number of benzene rings is 4. The molecule has 144 valence electrons. The summed E-state index contributed by atoms with van der Waals surface area (Å²) in [7, 11) is 0. The Hall–Kier alpha value is -4.18. The monoisotopic (exact) mass is 400 g/mol. The van der Waals surface area contributed by atoms with Gasteiger partial charge in [-0.15, -0.1) is 0 Å². The standard InChI is InChI=1S/C27H16N2O2/c1-5-17-11-13-19-7-3-15-28-25(19)23(17)21(9-1)30-27(28)29-16-4-8-20-14-12-18-6-2-10-22(31-27)24(18)26(20)29/h1-16H/q+2. The first kappa shape index (κ1) is 15.6. The molecular formula is C27H16N2O2+2. The lowest BCUT2D eigenvalue weighted by molar-refractivity contribution is -1.05. The Bertz CT molecular complexity index is 1630. The molecule has 0 atom stereocenters. The third kappa shape index (κ3) is 1.74. The van der Waals surface area contributed by atoms with Crippen LogP contribution in [0, 0.1) is 0 Å². The van der Waals surface area contributed by atoms with E-state index in [1.807, 2.05) is 24.3 Å². The van der Waals surface area contributed by atoms with E-state index < -0.39 is 6.03 Å². The van der Waals surface area contributed by atoms with Gasteiger partial charge in [-0.2, -0.15) is 0 Å². The molecule has 0 unspecified atom stereocenters. The maximum Gasteiger partial charge on any atom is 0.714 e. The van der Waals surface area contributed by atoms with Crippen molar-refractivity contribution in [3.8, 4) is 11.5 Å². The third-order valence-electron chi connectivity index (χ3n) is 6.62. The van der Waals surface area contributed by atoms with Crippen LogP contribution in [-0.2, 0) is 6.03 Å². The topological polar surface area (TPSA) is 26.2 Å². The first-order valence-electron chi connectivity index (χ1n) is 10.4. The fraction of sp³-hybridized carbons (Fsp3) is 0.0370. The van der Waals surface area contributed by atoms with E-state index in [0.717, 1.165) is 54.8 Å². The van der Waals surface area contributed by atoms with Gasteiger partial charge in [-0.1, -0.05) is 45.5 Å². The Labute approximate surface area is 177 Å². The molecule has 2 aliphatic heterocycles. The molecule has 0 N–H and O–H groups in total. The van der Waals surface area contributed by atoms with E-state index in [0.29, 0.717) is 0 Å². The maximum absolute atomic E-state index is 6.80. The van der Waals surface area contributed by atoms with Crippen LogP contribution in [0.15, 0.2) is 97.3 Å². The van der Waals surface area contributed by atoms with Crippen LogP contribution in [0.3, 0.4) is 0 Å². The van der Waals surface area contributed by atoms with Gasteiger partial charge in [0.25, 0.3) is 0 Å². The van der Waals surface area contributed by atoms with Crippen LogP contribution < -0.4 is 18.6 Å². The van der Waals surface area contributed by atoms with Crippen molar-refractivity contribution < 1.29 is 18.6 Å². The van der Waals surface area contributed by atoms with Crippen LogP contribution in [0.4, 0.5) is 0 Å². The molecule has 2 aromatic heterocycles. The number of hydrogen-bond acceptors (Lipinski definition) is 2. The molecule has 1 spiro atoms. The average Bonchev–Trinajstić information content (AvgIpc) is 2.82. The van der Waals surface area contributed by atoms with Crippen molar-refractivity contribution in [1.82, 2.24) is 0 Å². The summed E-state index contributed by atoms with van der Waals surface area (Å²) in [5.41, 5.74) is 2.22. The largest absolute Gasteiger partial charge is 0.714 e. The summed E-state index contributed by atoms with van der Waals surface area (Å²) in [5, 5.41) is 6.83. The third-order valence-corrected chi connectivity index (χ3v) is 6.62. The highest BCUT2D eigenvalue weighted by Crippen LogP contribution is 2.42. The zero-order valence-corrected chi connectivity index (χ0v) is 16.4. The van der Waals surface area contributed by atoms with Crippen LogP contribution in [-0.4, -0.2) is 0 Å². The minimum atomic E-state index is -1.19. The molecule has 0 aliphatic carbocycles. The van der Waals surface area contributed by atoms with Gasteiger partial charge in [-0.25, -0.2) is 0 Å². The van der Waals surface area contributed by atoms with Gasteiger partial charge in [-0.3, -0.25) is 0 Å². The van der Waals surface area contributed by atoms with E-state index in [-0.39, 0.29) is 0 Å². The van der Waals surface area contributed by atoms with Crippen LogP contribution in [0.1, 0.15) is 0 Å². The minimum Gasteiger partial charge on any atom is -0.340 e. The van der Waals surface area contributed by atoms with Crippen molar-refractivity contribution in [3.05, 3.63) is 97.3 Å². The average molecular weight is 400 g/mol. The van der Waals surface area contributed by atoms with Gasteiger partial charge >= 0.3 is 6.03 Å². The van der Waals surface area contributed by atoms with Crippen molar-refractivity contribution in [2.45, 2.75) is 6.03 Å². The van der Waals surface area contributed by atoms with Gasteiger partial charge in [-0.05, 0) is 47.2 Å². The first-order valence-corrected chi connectivity index (χ1v) is 10.4. The Morgan fingerprint density at radius 3 is 1.45 bits per heavy atom. The van der Waals surface area contributed by atoms with Crippen molar-refractivity contribution in [2.24, 2.45) is 0 Å². The van der Waals surface area contributed by atoms with Gasteiger partial charge in [0.1, 0.15) is 0 Å². The highest BCUT2D eigenvalue weighted by Gasteiger charge is 2.64. The number of fused-ring (bicyclic) bond motifs is 2. The predicted octanol–water partition coefficient (Wildman–Crippen LogP) is 4.78. The predicted molar refractivity (Wildman–Crippen MR) is 118 cm³/mol. The smallest absolute Gasteiger partial charge is 0.340 e. The zero-order valence-electron chi connectivity index (χ0n) is 16.4. The second-order valence-corrected chi connectivity index (χ2v) is 8.22. The second kappa shape index (κ2) is 5.10. The molecule has 2 aliphatic rings. The summed E-state index contributed by atoms with van der Waals surface area (Å²) in [6, 6.07) is 28.2. The molecule has 8 rings (SSSR count). The molecule has 0 amide bonds. The first-order chi connectivity index (χ1) is 15.3. The van der Waals surface area contributed by atoms with Gasteiger partial charge in [0.2, 0.25) is 11.0 Å². The van der Waals surface area contributed by atoms with Crippen molar-refractivity contribution in [3.63, 3.8) is 0 Å². The molecule has 4 aromatic carbocycles. The van der Waals surface area contributed by atoms with Crippen molar-refractivity contribution >= 4 is 43.4 Å². The fourth-order valence-corrected chi connectivity index (χ4v) is 5.35. The summed E-state index contributed by atoms with van der Waals surface area (Å²) in [5.74, 6) is 1.65.